The van der Waals surface area contributed by atoms with E-state index in [4.69, 9.17) is 10.8 Å². The molecule has 0 fully saturated rings. The van der Waals surface area contributed by atoms with Crippen LogP contribution in [0.4, 0.5) is 11.9 Å². The molecule has 3 aromatic rings. The van der Waals surface area contributed by atoms with Crippen LogP contribution in [0.2, 0.25) is 0 Å². The number of anilines is 2. The van der Waals surface area contributed by atoms with Crippen LogP contribution in [-0.4, -0.2) is 46.7 Å². The largest absolute Gasteiger partial charge is 0.395 e. The van der Waals surface area contributed by atoms with Gasteiger partial charge in [0.2, 0.25) is 17.7 Å². The highest BCUT2D eigenvalue weighted by Crippen LogP contribution is 2.16. The lowest BCUT2D eigenvalue weighted by Crippen LogP contribution is -2.37. The maximum absolute atomic E-state index is 12.4. The highest BCUT2D eigenvalue weighted by Gasteiger charge is 2.19. The Morgan fingerprint density at radius 1 is 1.18 bits per heavy atom. The Kier molecular flexibility index (Phi) is 3.06. The molecule has 0 saturated carbocycles. The molecule has 0 saturated heterocycles. The van der Waals surface area contributed by atoms with E-state index < -0.39 is 11.2 Å². The summed E-state index contributed by atoms with van der Waals surface area (Å²) in [5.74, 6) is 0.320. The number of aromatic nitrogens is 6. The summed E-state index contributed by atoms with van der Waals surface area (Å²) in [6, 6.07) is 0. The minimum absolute atomic E-state index is 0.0370. The SMILES string of the molecule is Cn1c(=O)c2c(nc3nc(N)nc(NCCO)n32)n(C)c1=O. The van der Waals surface area contributed by atoms with Crippen molar-refractivity contribution in [2.45, 2.75) is 0 Å². The average molecular weight is 306 g/mol. The molecule has 3 heterocycles. The zero-order chi connectivity index (χ0) is 16.0. The molecule has 11 nitrogen and oxygen atoms in total. The first-order chi connectivity index (χ1) is 10.5. The van der Waals surface area contributed by atoms with E-state index in [9.17, 15) is 9.59 Å². The zero-order valence-electron chi connectivity index (χ0n) is 11.9. The second kappa shape index (κ2) is 4.80. The van der Waals surface area contributed by atoms with E-state index in [1.807, 2.05) is 0 Å². The smallest absolute Gasteiger partial charge is 0.332 e. The molecule has 0 radical (unpaired) electrons. The van der Waals surface area contributed by atoms with Gasteiger partial charge in [-0.1, -0.05) is 0 Å². The van der Waals surface area contributed by atoms with Gasteiger partial charge in [-0.15, -0.1) is 0 Å². The van der Waals surface area contributed by atoms with Gasteiger partial charge in [0, 0.05) is 20.6 Å². The Bertz CT molecular complexity index is 999. The number of aliphatic hydroxyl groups excluding tert-OH is 1. The zero-order valence-corrected chi connectivity index (χ0v) is 11.9. The molecular formula is C11H14N8O3. The van der Waals surface area contributed by atoms with E-state index in [0.29, 0.717) is 0 Å². The molecule has 116 valence electrons. The number of nitrogens with one attached hydrogen (secondary N) is 1. The summed E-state index contributed by atoms with van der Waals surface area (Å²) >= 11 is 0. The van der Waals surface area contributed by atoms with Crippen LogP contribution in [0.1, 0.15) is 0 Å². The average Bonchev–Trinajstić information content (AvgIpc) is 2.87. The first kappa shape index (κ1) is 14.0. The lowest BCUT2D eigenvalue weighted by atomic mass is 10.5. The number of aliphatic hydroxyl groups is 1. The molecule has 0 unspecified atom stereocenters. The molecular weight excluding hydrogens is 292 g/mol. The Hall–Kier alpha value is -2.95. The van der Waals surface area contributed by atoms with Gasteiger partial charge in [-0.05, 0) is 0 Å². The van der Waals surface area contributed by atoms with Crippen LogP contribution in [-0.2, 0) is 14.1 Å². The first-order valence-electron chi connectivity index (χ1n) is 6.42. The minimum atomic E-state index is -0.522. The Morgan fingerprint density at radius 2 is 1.91 bits per heavy atom. The molecule has 0 aliphatic carbocycles. The Morgan fingerprint density at radius 3 is 2.59 bits per heavy atom. The molecule has 0 aromatic carbocycles. The predicted molar refractivity (Wildman–Crippen MR) is 78.8 cm³/mol. The van der Waals surface area contributed by atoms with E-state index in [2.05, 4.69) is 20.3 Å². The van der Waals surface area contributed by atoms with Crippen LogP contribution in [0.25, 0.3) is 16.9 Å². The maximum atomic E-state index is 12.4. The summed E-state index contributed by atoms with van der Waals surface area (Å²) in [5, 5.41) is 11.8. The second-order valence-electron chi connectivity index (χ2n) is 4.68. The van der Waals surface area contributed by atoms with Gasteiger partial charge in [-0.2, -0.15) is 15.0 Å². The van der Waals surface area contributed by atoms with Crippen LogP contribution in [0.3, 0.4) is 0 Å². The van der Waals surface area contributed by atoms with Crippen molar-refractivity contribution in [1.82, 2.24) is 28.5 Å². The number of nitrogens with two attached hydrogens (primary N) is 1. The molecule has 11 heteroatoms. The quantitative estimate of drug-likeness (QED) is 0.488. The summed E-state index contributed by atoms with van der Waals surface area (Å²) in [5.41, 5.74) is 4.94. The second-order valence-corrected chi connectivity index (χ2v) is 4.68. The molecule has 0 bridgehead atoms. The topological polar surface area (TPSA) is 145 Å². The summed E-state index contributed by atoms with van der Waals surface area (Å²) in [4.78, 5) is 36.6. The highest BCUT2D eigenvalue weighted by atomic mass is 16.3. The van der Waals surface area contributed by atoms with Crippen molar-refractivity contribution in [3.05, 3.63) is 20.8 Å². The molecule has 0 atom stereocenters. The highest BCUT2D eigenvalue weighted by molar-refractivity contribution is 5.77. The van der Waals surface area contributed by atoms with Gasteiger partial charge in [0.15, 0.2) is 11.2 Å². The molecule has 3 aromatic heterocycles. The van der Waals surface area contributed by atoms with Gasteiger partial charge < -0.3 is 16.2 Å². The van der Waals surface area contributed by atoms with Crippen LogP contribution >= 0.6 is 0 Å². The number of nitrogens with zero attached hydrogens (tertiary/aromatic N) is 6. The van der Waals surface area contributed by atoms with Crippen molar-refractivity contribution >= 4 is 28.8 Å². The maximum Gasteiger partial charge on any atom is 0.332 e. The number of imidazole rings is 1. The normalized spacial score (nSPS) is 11.4. The van der Waals surface area contributed by atoms with Crippen molar-refractivity contribution in [1.29, 1.82) is 0 Å². The fourth-order valence-electron chi connectivity index (χ4n) is 2.23. The monoisotopic (exact) mass is 306 g/mol. The molecule has 0 aliphatic rings. The Labute approximate surface area is 122 Å². The lowest BCUT2D eigenvalue weighted by Gasteiger charge is -2.08. The molecule has 0 aliphatic heterocycles. The van der Waals surface area contributed by atoms with Crippen molar-refractivity contribution in [2.75, 3.05) is 24.2 Å². The third kappa shape index (κ3) is 1.83. The van der Waals surface area contributed by atoms with Crippen molar-refractivity contribution < 1.29 is 5.11 Å². The number of rotatable bonds is 3. The summed E-state index contributed by atoms with van der Waals surface area (Å²) in [6.07, 6.45) is 0. The number of aryl methyl sites for hydroxylation is 1. The molecule has 4 N–H and O–H groups in total. The van der Waals surface area contributed by atoms with Gasteiger partial charge in [-0.25, -0.2) is 9.20 Å². The third-order valence-electron chi connectivity index (χ3n) is 3.28. The van der Waals surface area contributed by atoms with Crippen LogP contribution in [0.15, 0.2) is 9.59 Å². The van der Waals surface area contributed by atoms with Gasteiger partial charge in [0.05, 0.1) is 6.61 Å². The van der Waals surface area contributed by atoms with E-state index in [-0.39, 0.29) is 42.0 Å². The van der Waals surface area contributed by atoms with Crippen molar-refractivity contribution in [3.63, 3.8) is 0 Å². The van der Waals surface area contributed by atoms with E-state index in [1.165, 1.54) is 23.1 Å². The Balaban J connectivity index is 2.53. The van der Waals surface area contributed by atoms with Crippen molar-refractivity contribution in [3.8, 4) is 0 Å². The van der Waals surface area contributed by atoms with Crippen LogP contribution < -0.4 is 22.3 Å². The summed E-state index contributed by atoms with van der Waals surface area (Å²) in [7, 11) is 2.89. The number of hydrogen-bond donors (Lipinski definition) is 3. The van der Waals surface area contributed by atoms with E-state index >= 15 is 0 Å². The van der Waals surface area contributed by atoms with Gasteiger partial charge in [0.1, 0.15) is 0 Å². The molecule has 3 rings (SSSR count). The molecule has 22 heavy (non-hydrogen) atoms. The standard InChI is InChI=1S/C11H14N8O3/c1-17-6-5(7(21)18(2)11(17)22)19-9(13-3-4-20)15-8(12)16-10(19)14-6/h20H,3-4H2,1-2H3,(H3,12,13,14,15,16). The van der Waals surface area contributed by atoms with E-state index in [1.54, 1.807) is 0 Å². The van der Waals surface area contributed by atoms with Crippen LogP contribution in [0.5, 0.6) is 0 Å². The number of hydrogen-bond acceptors (Lipinski definition) is 8. The van der Waals surface area contributed by atoms with Crippen LogP contribution in [0, 0.1) is 0 Å². The van der Waals surface area contributed by atoms with Gasteiger partial charge in [0.25, 0.3) is 5.56 Å². The summed E-state index contributed by atoms with van der Waals surface area (Å²) < 4.78 is 3.60. The number of nitrogen functional groups attached to an aromatic ring is 1. The fraction of sp³-hybridized carbons (Fsp3) is 0.364. The number of fused-ring (bicyclic) bond motifs is 3. The lowest BCUT2D eigenvalue weighted by molar-refractivity contribution is 0.310. The van der Waals surface area contributed by atoms with Crippen molar-refractivity contribution in [2.24, 2.45) is 14.1 Å². The summed E-state index contributed by atoms with van der Waals surface area (Å²) in [6.45, 7) is 0.0752. The van der Waals surface area contributed by atoms with Gasteiger partial charge >= 0.3 is 5.69 Å². The van der Waals surface area contributed by atoms with Gasteiger partial charge in [-0.3, -0.25) is 13.9 Å². The molecule has 0 amide bonds. The van der Waals surface area contributed by atoms with E-state index in [0.717, 1.165) is 4.57 Å². The predicted octanol–water partition coefficient (Wildman–Crippen LogP) is -2.34. The minimum Gasteiger partial charge on any atom is -0.395 e. The third-order valence-corrected chi connectivity index (χ3v) is 3.28. The molecule has 0 spiro atoms. The first-order valence-corrected chi connectivity index (χ1v) is 6.42. The fourth-order valence-corrected chi connectivity index (χ4v) is 2.23.